The Bertz CT molecular complexity index is 493. The zero-order valence-electron chi connectivity index (χ0n) is 16.4. The Balaban J connectivity index is 2.12. The van der Waals surface area contributed by atoms with Crippen LogP contribution in [0, 0.1) is 28.6 Å². The third-order valence-electron chi connectivity index (χ3n) is 7.22. The van der Waals surface area contributed by atoms with Crippen molar-refractivity contribution < 1.29 is 14.6 Å². The normalized spacial score (nSPS) is 36.5. The maximum atomic E-state index is 11.5. The molecule has 5 atom stereocenters. The lowest BCUT2D eigenvalue weighted by Crippen LogP contribution is -2.54. The predicted molar refractivity (Wildman–Crippen MR) is 97.5 cm³/mol. The van der Waals surface area contributed by atoms with Gasteiger partial charge in [-0.15, -0.1) is 0 Å². The smallest absolute Gasteiger partial charge is 0.305 e. The molecule has 0 spiro atoms. The van der Waals surface area contributed by atoms with Crippen molar-refractivity contribution in [2.45, 2.75) is 79.2 Å². The third-order valence-corrected chi connectivity index (χ3v) is 7.22. The summed E-state index contributed by atoms with van der Waals surface area (Å²) < 4.78 is 4.80. The minimum atomic E-state index is -0.193. The SMILES string of the molecule is COC(=O)C[C@@H](C)CC[C@H]1C(C)=CC[C@H]2C(C)(C)[C@H](O)CC[C@]12C. The molecule has 0 amide bonds. The number of methoxy groups -OCH3 is 1. The van der Waals surface area contributed by atoms with E-state index in [1.165, 1.54) is 12.7 Å². The molecule has 2 aliphatic rings. The molecular weight excluding hydrogens is 300 g/mol. The fourth-order valence-electron chi connectivity index (χ4n) is 5.51. The van der Waals surface area contributed by atoms with Gasteiger partial charge in [0.1, 0.15) is 0 Å². The Morgan fingerprint density at radius 2 is 2.08 bits per heavy atom. The second-order valence-corrected chi connectivity index (χ2v) is 9.13. The average Bonchev–Trinajstić information content (AvgIpc) is 2.50. The van der Waals surface area contributed by atoms with E-state index in [1.54, 1.807) is 0 Å². The van der Waals surface area contributed by atoms with E-state index in [0.29, 0.717) is 24.2 Å². The van der Waals surface area contributed by atoms with Gasteiger partial charge in [0, 0.05) is 6.42 Å². The second-order valence-electron chi connectivity index (χ2n) is 9.13. The minimum Gasteiger partial charge on any atom is -0.469 e. The van der Waals surface area contributed by atoms with E-state index >= 15 is 0 Å². The van der Waals surface area contributed by atoms with Crippen LogP contribution in [0.15, 0.2) is 11.6 Å². The minimum absolute atomic E-state index is 0.0277. The zero-order valence-corrected chi connectivity index (χ0v) is 16.4. The van der Waals surface area contributed by atoms with Gasteiger partial charge in [-0.25, -0.2) is 0 Å². The van der Waals surface area contributed by atoms with Gasteiger partial charge in [0.2, 0.25) is 0 Å². The highest BCUT2D eigenvalue weighted by Crippen LogP contribution is 2.60. The van der Waals surface area contributed by atoms with Crippen LogP contribution in [0.4, 0.5) is 0 Å². The molecule has 1 N–H and O–H groups in total. The summed E-state index contributed by atoms with van der Waals surface area (Å²) in [5.41, 5.74) is 1.73. The Hall–Kier alpha value is -0.830. The molecule has 138 valence electrons. The van der Waals surface area contributed by atoms with Crippen LogP contribution in [0.3, 0.4) is 0 Å². The molecule has 0 aromatic rings. The fraction of sp³-hybridized carbons (Fsp3) is 0.857. The van der Waals surface area contributed by atoms with Gasteiger partial charge >= 0.3 is 5.97 Å². The predicted octanol–water partition coefficient (Wildman–Crippen LogP) is 4.74. The summed E-state index contributed by atoms with van der Waals surface area (Å²) >= 11 is 0. The van der Waals surface area contributed by atoms with Gasteiger partial charge in [-0.3, -0.25) is 4.79 Å². The summed E-state index contributed by atoms with van der Waals surface area (Å²) in [6.07, 6.45) is 7.99. The van der Waals surface area contributed by atoms with Crippen LogP contribution in [0.1, 0.15) is 73.1 Å². The van der Waals surface area contributed by atoms with Crippen molar-refractivity contribution >= 4 is 5.97 Å². The first kappa shape index (κ1) is 19.5. The quantitative estimate of drug-likeness (QED) is 0.583. The molecule has 0 saturated heterocycles. The van der Waals surface area contributed by atoms with Crippen molar-refractivity contribution in [1.29, 1.82) is 0 Å². The second kappa shape index (κ2) is 7.19. The summed E-state index contributed by atoms with van der Waals surface area (Å²) in [6, 6.07) is 0. The van der Waals surface area contributed by atoms with Crippen LogP contribution >= 0.6 is 0 Å². The number of fused-ring (bicyclic) bond motifs is 1. The van der Waals surface area contributed by atoms with Crippen LogP contribution in [-0.2, 0) is 9.53 Å². The lowest BCUT2D eigenvalue weighted by molar-refractivity contribution is -0.141. The van der Waals surface area contributed by atoms with E-state index in [2.05, 4.69) is 40.7 Å². The number of carbonyl (C=O) groups excluding carboxylic acids is 1. The summed E-state index contributed by atoms with van der Waals surface area (Å²) in [4.78, 5) is 11.5. The Morgan fingerprint density at radius 1 is 1.42 bits per heavy atom. The molecule has 3 nitrogen and oxygen atoms in total. The van der Waals surface area contributed by atoms with E-state index < -0.39 is 0 Å². The Labute approximate surface area is 147 Å². The Morgan fingerprint density at radius 3 is 2.71 bits per heavy atom. The standard InChI is InChI=1S/C21H36O3/c1-14(13-19(23)24-6)7-9-16-15(2)8-10-17-20(3,4)18(22)11-12-21(16,17)5/h8,14,16-18,22H,7,9-13H2,1-6H3/t14-,16-,17-,18+,21+/m0/s1. The largest absolute Gasteiger partial charge is 0.469 e. The van der Waals surface area contributed by atoms with Crippen molar-refractivity contribution in [2.75, 3.05) is 7.11 Å². The highest BCUT2D eigenvalue weighted by atomic mass is 16.5. The monoisotopic (exact) mass is 336 g/mol. The molecule has 2 rings (SSSR count). The molecule has 0 unspecified atom stereocenters. The average molecular weight is 337 g/mol. The van der Waals surface area contributed by atoms with E-state index in [4.69, 9.17) is 4.74 Å². The van der Waals surface area contributed by atoms with Gasteiger partial charge in [0.05, 0.1) is 13.2 Å². The van der Waals surface area contributed by atoms with E-state index in [1.807, 2.05) is 0 Å². The number of aliphatic hydroxyl groups is 1. The molecule has 0 aromatic heterocycles. The molecule has 0 radical (unpaired) electrons. The molecule has 1 fully saturated rings. The van der Waals surface area contributed by atoms with E-state index in [-0.39, 0.29) is 22.9 Å². The van der Waals surface area contributed by atoms with Gasteiger partial charge in [0.15, 0.2) is 0 Å². The number of carbonyl (C=O) groups is 1. The third kappa shape index (κ3) is 3.56. The van der Waals surface area contributed by atoms with Gasteiger partial charge in [-0.1, -0.05) is 39.3 Å². The number of ether oxygens (including phenoxy) is 1. The summed E-state index contributed by atoms with van der Waals surface area (Å²) in [6.45, 7) is 11.3. The lowest BCUT2D eigenvalue weighted by Gasteiger charge is -2.58. The lowest BCUT2D eigenvalue weighted by atomic mass is 9.47. The van der Waals surface area contributed by atoms with Crippen molar-refractivity contribution in [2.24, 2.45) is 28.6 Å². The number of rotatable bonds is 5. The fourth-order valence-corrected chi connectivity index (χ4v) is 5.51. The topological polar surface area (TPSA) is 46.5 Å². The van der Waals surface area contributed by atoms with Crippen LogP contribution in [0.25, 0.3) is 0 Å². The van der Waals surface area contributed by atoms with Crippen LogP contribution in [-0.4, -0.2) is 24.3 Å². The van der Waals surface area contributed by atoms with Gasteiger partial charge in [-0.2, -0.15) is 0 Å². The molecule has 0 aromatic carbocycles. The molecule has 2 aliphatic carbocycles. The number of esters is 1. The first-order chi connectivity index (χ1) is 11.1. The summed E-state index contributed by atoms with van der Waals surface area (Å²) in [5, 5.41) is 10.5. The number of aliphatic hydroxyl groups excluding tert-OH is 1. The Kier molecular flexibility index (Phi) is 5.84. The summed E-state index contributed by atoms with van der Waals surface area (Å²) in [5.74, 6) is 1.34. The molecular formula is C21H36O3. The van der Waals surface area contributed by atoms with Gasteiger partial charge in [0.25, 0.3) is 0 Å². The van der Waals surface area contributed by atoms with Crippen LogP contribution in [0.2, 0.25) is 0 Å². The van der Waals surface area contributed by atoms with Crippen LogP contribution < -0.4 is 0 Å². The molecule has 24 heavy (non-hydrogen) atoms. The number of hydrogen-bond donors (Lipinski definition) is 1. The van der Waals surface area contributed by atoms with Crippen molar-refractivity contribution in [1.82, 2.24) is 0 Å². The number of allylic oxidation sites excluding steroid dienone is 2. The highest BCUT2D eigenvalue weighted by molar-refractivity contribution is 5.69. The zero-order chi connectivity index (χ0) is 18.1. The van der Waals surface area contributed by atoms with Crippen molar-refractivity contribution in [3.05, 3.63) is 11.6 Å². The first-order valence-electron chi connectivity index (χ1n) is 9.54. The molecule has 0 bridgehead atoms. The maximum absolute atomic E-state index is 11.5. The number of hydrogen-bond acceptors (Lipinski definition) is 3. The van der Waals surface area contributed by atoms with E-state index in [9.17, 15) is 9.90 Å². The maximum Gasteiger partial charge on any atom is 0.305 e. The highest BCUT2D eigenvalue weighted by Gasteiger charge is 2.54. The van der Waals surface area contributed by atoms with Gasteiger partial charge < -0.3 is 9.84 Å². The molecule has 1 saturated carbocycles. The van der Waals surface area contributed by atoms with Gasteiger partial charge in [-0.05, 0) is 67.6 Å². The molecule has 3 heteroatoms. The molecule has 0 aliphatic heterocycles. The summed E-state index contributed by atoms with van der Waals surface area (Å²) in [7, 11) is 1.46. The van der Waals surface area contributed by atoms with E-state index in [0.717, 1.165) is 32.1 Å². The van der Waals surface area contributed by atoms with Crippen molar-refractivity contribution in [3.63, 3.8) is 0 Å². The first-order valence-corrected chi connectivity index (χ1v) is 9.54. The van der Waals surface area contributed by atoms with Crippen LogP contribution in [0.5, 0.6) is 0 Å². The molecule has 0 heterocycles. The van der Waals surface area contributed by atoms with Crippen molar-refractivity contribution in [3.8, 4) is 0 Å².